The molecule has 0 saturated carbocycles. The molecule has 0 atom stereocenters. The van der Waals surface area contributed by atoms with Crippen LogP contribution in [0.1, 0.15) is 18.4 Å². The van der Waals surface area contributed by atoms with Crippen LogP contribution < -0.4 is 5.32 Å². The van der Waals surface area contributed by atoms with Crippen LogP contribution in [0.4, 0.5) is 4.39 Å². The second kappa shape index (κ2) is 5.15. The molecule has 2 rings (SSSR count). The summed E-state index contributed by atoms with van der Waals surface area (Å²) in [5, 5.41) is 3.27. The molecule has 1 aliphatic rings. The van der Waals surface area contributed by atoms with E-state index in [0.29, 0.717) is 0 Å². The van der Waals surface area contributed by atoms with Gasteiger partial charge in [-0.15, -0.1) is 0 Å². The lowest BCUT2D eigenvalue weighted by Crippen LogP contribution is -2.46. The van der Waals surface area contributed by atoms with E-state index in [1.165, 1.54) is 6.07 Å². The summed E-state index contributed by atoms with van der Waals surface area (Å²) in [6.07, 6.45) is 2.18. The first-order valence-corrected chi connectivity index (χ1v) is 6.25. The van der Waals surface area contributed by atoms with E-state index in [1.807, 2.05) is 13.1 Å². The number of hydrogen-bond acceptors (Lipinski definition) is 2. The van der Waals surface area contributed by atoms with E-state index in [1.54, 1.807) is 6.07 Å². The van der Waals surface area contributed by atoms with Gasteiger partial charge in [-0.05, 0) is 57.7 Å². The fourth-order valence-electron chi connectivity index (χ4n) is 2.77. The maximum absolute atomic E-state index is 13.4. The normalized spacial score (nSPS) is 20.4. The Balaban J connectivity index is 2.27. The molecule has 0 amide bonds. The fraction of sp³-hybridized carbons (Fsp3) is 0.571. The highest BCUT2D eigenvalue weighted by atomic mass is 19.1. The summed E-state index contributed by atoms with van der Waals surface area (Å²) < 4.78 is 13.4. The molecule has 2 nitrogen and oxygen atoms in total. The van der Waals surface area contributed by atoms with Gasteiger partial charge in [0, 0.05) is 12.0 Å². The van der Waals surface area contributed by atoms with Crippen molar-refractivity contribution in [1.82, 2.24) is 10.2 Å². The minimum atomic E-state index is -0.128. The van der Waals surface area contributed by atoms with Crippen molar-refractivity contribution in [3.05, 3.63) is 35.6 Å². The van der Waals surface area contributed by atoms with Gasteiger partial charge in [-0.3, -0.25) is 0 Å². The van der Waals surface area contributed by atoms with Crippen LogP contribution in [0.15, 0.2) is 24.3 Å². The molecule has 3 heteroatoms. The van der Waals surface area contributed by atoms with Crippen LogP contribution in [0.2, 0.25) is 0 Å². The smallest absolute Gasteiger partial charge is 0.123 e. The van der Waals surface area contributed by atoms with Gasteiger partial charge < -0.3 is 10.2 Å². The molecule has 1 fully saturated rings. The third-order valence-electron chi connectivity index (χ3n) is 3.90. The monoisotopic (exact) mass is 236 g/mol. The summed E-state index contributed by atoms with van der Waals surface area (Å²) in [6, 6.07) is 7.10. The Bertz CT molecular complexity index is 370. The third kappa shape index (κ3) is 2.67. The molecule has 1 N–H and O–H groups in total. The molecule has 0 aromatic heterocycles. The van der Waals surface area contributed by atoms with E-state index in [4.69, 9.17) is 0 Å². The van der Waals surface area contributed by atoms with Crippen LogP contribution >= 0.6 is 0 Å². The van der Waals surface area contributed by atoms with E-state index in [-0.39, 0.29) is 11.2 Å². The summed E-state index contributed by atoms with van der Waals surface area (Å²) in [5.41, 5.74) is 1.24. The number of halogens is 1. The van der Waals surface area contributed by atoms with E-state index in [0.717, 1.165) is 38.0 Å². The summed E-state index contributed by atoms with van der Waals surface area (Å²) in [6.45, 7) is 3.08. The number of likely N-dealkylation sites (N-methyl/N-ethyl adjacent to an activating group) is 1. The highest BCUT2D eigenvalue weighted by Crippen LogP contribution is 2.34. The van der Waals surface area contributed by atoms with E-state index in [2.05, 4.69) is 23.3 Å². The van der Waals surface area contributed by atoms with Crippen molar-refractivity contribution in [2.75, 3.05) is 33.7 Å². The molecule has 1 aliphatic heterocycles. The second-order valence-corrected chi connectivity index (χ2v) is 5.12. The second-order valence-electron chi connectivity index (χ2n) is 5.12. The minimum Gasteiger partial charge on any atom is -0.319 e. The molecule has 17 heavy (non-hydrogen) atoms. The van der Waals surface area contributed by atoms with Crippen molar-refractivity contribution in [3.63, 3.8) is 0 Å². The number of hydrogen-bond donors (Lipinski definition) is 1. The Morgan fingerprint density at radius 3 is 2.65 bits per heavy atom. The average Bonchev–Trinajstić information content (AvgIpc) is 2.33. The summed E-state index contributed by atoms with van der Waals surface area (Å²) >= 11 is 0. The Kier molecular flexibility index (Phi) is 3.79. The molecule has 0 unspecified atom stereocenters. The molecule has 1 aromatic carbocycles. The molecule has 0 aliphatic carbocycles. The van der Waals surface area contributed by atoms with Crippen molar-refractivity contribution >= 4 is 0 Å². The SMILES string of the molecule is CNCC1(c2cccc(F)c2)CCN(C)CC1. The van der Waals surface area contributed by atoms with Gasteiger partial charge in [0.2, 0.25) is 0 Å². The van der Waals surface area contributed by atoms with E-state index < -0.39 is 0 Å². The van der Waals surface area contributed by atoms with Gasteiger partial charge >= 0.3 is 0 Å². The summed E-state index contributed by atoms with van der Waals surface area (Å²) in [4.78, 5) is 2.34. The zero-order chi connectivity index (χ0) is 12.3. The number of piperidine rings is 1. The fourth-order valence-corrected chi connectivity index (χ4v) is 2.77. The molecule has 0 bridgehead atoms. The lowest BCUT2D eigenvalue weighted by molar-refractivity contribution is 0.185. The van der Waals surface area contributed by atoms with Crippen molar-refractivity contribution in [2.24, 2.45) is 0 Å². The van der Waals surface area contributed by atoms with Crippen LogP contribution in [0.25, 0.3) is 0 Å². The van der Waals surface area contributed by atoms with Gasteiger partial charge in [-0.25, -0.2) is 4.39 Å². The minimum absolute atomic E-state index is 0.101. The van der Waals surface area contributed by atoms with Gasteiger partial charge in [0.05, 0.1) is 0 Å². The number of nitrogens with zero attached hydrogens (tertiary/aromatic N) is 1. The predicted molar refractivity (Wildman–Crippen MR) is 68.7 cm³/mol. The van der Waals surface area contributed by atoms with Crippen LogP contribution in [0.3, 0.4) is 0 Å². The molecule has 1 saturated heterocycles. The standard InChI is InChI=1S/C14H21FN2/c1-16-11-14(6-8-17(2)9-7-14)12-4-3-5-13(15)10-12/h3-5,10,16H,6-9,11H2,1-2H3. The average molecular weight is 236 g/mol. The zero-order valence-corrected chi connectivity index (χ0v) is 10.7. The number of likely N-dealkylation sites (tertiary alicyclic amines) is 1. The maximum atomic E-state index is 13.4. The third-order valence-corrected chi connectivity index (χ3v) is 3.90. The first-order valence-electron chi connectivity index (χ1n) is 6.25. The van der Waals surface area contributed by atoms with Crippen molar-refractivity contribution in [3.8, 4) is 0 Å². The molecule has 94 valence electrons. The molecule has 1 heterocycles. The Morgan fingerprint density at radius 1 is 1.35 bits per heavy atom. The van der Waals surface area contributed by atoms with Crippen LogP contribution in [-0.2, 0) is 5.41 Å². The highest BCUT2D eigenvalue weighted by Gasteiger charge is 2.34. The van der Waals surface area contributed by atoms with Gasteiger partial charge in [0.25, 0.3) is 0 Å². The molecule has 0 spiro atoms. The summed E-state index contributed by atoms with van der Waals surface area (Å²) in [7, 11) is 4.12. The van der Waals surface area contributed by atoms with Crippen molar-refractivity contribution in [1.29, 1.82) is 0 Å². The lowest BCUT2D eigenvalue weighted by Gasteiger charge is -2.41. The number of benzene rings is 1. The molecular formula is C14H21FN2. The molecule has 1 aromatic rings. The van der Waals surface area contributed by atoms with Crippen molar-refractivity contribution < 1.29 is 4.39 Å². The van der Waals surface area contributed by atoms with Crippen LogP contribution in [-0.4, -0.2) is 38.6 Å². The molecular weight excluding hydrogens is 215 g/mol. The van der Waals surface area contributed by atoms with Gasteiger partial charge in [-0.2, -0.15) is 0 Å². The van der Waals surface area contributed by atoms with Crippen LogP contribution in [0, 0.1) is 5.82 Å². The van der Waals surface area contributed by atoms with E-state index in [9.17, 15) is 4.39 Å². The van der Waals surface area contributed by atoms with Gasteiger partial charge in [0.15, 0.2) is 0 Å². The topological polar surface area (TPSA) is 15.3 Å². The first-order chi connectivity index (χ1) is 8.16. The number of nitrogens with one attached hydrogen (secondary N) is 1. The Hall–Kier alpha value is -0.930. The van der Waals surface area contributed by atoms with Gasteiger partial charge in [0.1, 0.15) is 5.82 Å². The maximum Gasteiger partial charge on any atom is 0.123 e. The highest BCUT2D eigenvalue weighted by molar-refractivity contribution is 5.27. The number of rotatable bonds is 3. The van der Waals surface area contributed by atoms with Gasteiger partial charge in [-0.1, -0.05) is 12.1 Å². The predicted octanol–water partition coefficient (Wildman–Crippen LogP) is 2.01. The molecule has 0 radical (unpaired) electrons. The zero-order valence-electron chi connectivity index (χ0n) is 10.7. The lowest BCUT2D eigenvalue weighted by atomic mass is 9.72. The first kappa shape index (κ1) is 12.5. The van der Waals surface area contributed by atoms with Crippen LogP contribution in [0.5, 0.6) is 0 Å². The summed E-state index contributed by atoms with van der Waals surface area (Å²) in [5.74, 6) is -0.128. The largest absolute Gasteiger partial charge is 0.319 e. The van der Waals surface area contributed by atoms with E-state index >= 15 is 0 Å². The Labute approximate surface area is 103 Å². The Morgan fingerprint density at radius 2 is 2.06 bits per heavy atom. The van der Waals surface area contributed by atoms with Crippen molar-refractivity contribution in [2.45, 2.75) is 18.3 Å². The quantitative estimate of drug-likeness (QED) is 0.863.